The molecule has 3 rings (SSSR count). The van der Waals surface area contributed by atoms with Crippen molar-refractivity contribution in [1.29, 1.82) is 0 Å². The van der Waals surface area contributed by atoms with Crippen LogP contribution >= 0.6 is 11.3 Å². The number of carbonyl (C=O) groups is 1. The first-order valence-electron chi connectivity index (χ1n) is 6.54. The van der Waals surface area contributed by atoms with E-state index in [0.29, 0.717) is 17.9 Å². The smallest absolute Gasteiger partial charge is 0.225 e. The highest BCUT2D eigenvalue weighted by molar-refractivity contribution is 7.10. The Balaban J connectivity index is 1.66. The quantitative estimate of drug-likeness (QED) is 0.778. The first-order valence-corrected chi connectivity index (χ1v) is 7.42. The third-order valence-electron chi connectivity index (χ3n) is 2.95. The molecule has 0 aliphatic carbocycles. The van der Waals surface area contributed by atoms with Gasteiger partial charge in [-0.25, -0.2) is 4.39 Å². The van der Waals surface area contributed by atoms with Gasteiger partial charge in [-0.3, -0.25) is 4.79 Å². The second-order valence-electron chi connectivity index (χ2n) is 4.52. The maximum atomic E-state index is 13.3. The number of aromatic nitrogens is 4. The predicted molar refractivity (Wildman–Crippen MR) is 79.0 cm³/mol. The number of rotatable bonds is 5. The normalized spacial score (nSPS) is 10.6. The first-order chi connectivity index (χ1) is 10.7. The van der Waals surface area contributed by atoms with Crippen molar-refractivity contribution in [2.75, 3.05) is 0 Å². The zero-order valence-electron chi connectivity index (χ0n) is 11.4. The second-order valence-corrected chi connectivity index (χ2v) is 5.55. The Morgan fingerprint density at radius 1 is 1.32 bits per heavy atom. The topological polar surface area (TPSA) is 72.7 Å². The minimum absolute atomic E-state index is 0.115. The van der Waals surface area contributed by atoms with E-state index in [1.807, 2.05) is 17.5 Å². The summed E-state index contributed by atoms with van der Waals surface area (Å²) in [5.41, 5.74) is 0.507. The van der Waals surface area contributed by atoms with Crippen LogP contribution in [0.1, 0.15) is 10.7 Å². The standard InChI is InChI=1S/C14H12FN5OS/c15-10-3-1-4-11(7-10)20-13(17-18-19-20)9-16-14(21)8-12-5-2-6-22-12/h1-7H,8-9H2,(H,16,21). The van der Waals surface area contributed by atoms with E-state index in [9.17, 15) is 9.18 Å². The summed E-state index contributed by atoms with van der Waals surface area (Å²) in [5, 5.41) is 15.9. The van der Waals surface area contributed by atoms with Crippen LogP contribution in [0.4, 0.5) is 4.39 Å². The number of carbonyl (C=O) groups excluding carboxylic acids is 1. The molecule has 2 aromatic heterocycles. The van der Waals surface area contributed by atoms with E-state index in [1.165, 1.54) is 28.2 Å². The monoisotopic (exact) mass is 317 g/mol. The van der Waals surface area contributed by atoms with Gasteiger partial charge in [0.2, 0.25) is 5.91 Å². The Labute approximate surface area is 129 Å². The molecule has 0 saturated heterocycles. The number of nitrogens with one attached hydrogen (secondary N) is 1. The van der Waals surface area contributed by atoms with Crippen molar-refractivity contribution in [1.82, 2.24) is 25.5 Å². The molecular weight excluding hydrogens is 305 g/mol. The van der Waals surface area contributed by atoms with Crippen LogP contribution in [-0.2, 0) is 17.8 Å². The number of amides is 1. The molecule has 8 heteroatoms. The molecule has 0 spiro atoms. The Hall–Kier alpha value is -2.61. The lowest BCUT2D eigenvalue weighted by Crippen LogP contribution is -2.26. The highest BCUT2D eigenvalue weighted by atomic mass is 32.1. The summed E-state index contributed by atoms with van der Waals surface area (Å²) >= 11 is 1.53. The van der Waals surface area contributed by atoms with Crippen molar-refractivity contribution >= 4 is 17.2 Å². The maximum Gasteiger partial charge on any atom is 0.225 e. The molecule has 2 heterocycles. The fraction of sp³-hybridized carbons (Fsp3) is 0.143. The highest BCUT2D eigenvalue weighted by Gasteiger charge is 2.11. The lowest BCUT2D eigenvalue weighted by Gasteiger charge is -2.06. The Morgan fingerprint density at radius 3 is 3.00 bits per heavy atom. The molecule has 0 aliphatic heterocycles. The van der Waals surface area contributed by atoms with Crippen molar-refractivity contribution in [3.05, 3.63) is 58.3 Å². The molecule has 0 atom stereocenters. The van der Waals surface area contributed by atoms with Crippen molar-refractivity contribution < 1.29 is 9.18 Å². The van der Waals surface area contributed by atoms with E-state index in [4.69, 9.17) is 0 Å². The van der Waals surface area contributed by atoms with Crippen LogP contribution < -0.4 is 5.32 Å². The fourth-order valence-corrected chi connectivity index (χ4v) is 2.64. The molecule has 0 unspecified atom stereocenters. The van der Waals surface area contributed by atoms with Gasteiger partial charge in [-0.2, -0.15) is 4.68 Å². The van der Waals surface area contributed by atoms with Gasteiger partial charge < -0.3 is 5.32 Å². The molecule has 1 aromatic carbocycles. The first kappa shape index (κ1) is 14.3. The summed E-state index contributed by atoms with van der Waals surface area (Å²) < 4.78 is 14.7. The second kappa shape index (κ2) is 6.44. The van der Waals surface area contributed by atoms with E-state index in [0.717, 1.165) is 4.88 Å². The van der Waals surface area contributed by atoms with Gasteiger partial charge in [0.1, 0.15) is 5.82 Å². The molecule has 0 bridgehead atoms. The number of thiophene rings is 1. The van der Waals surface area contributed by atoms with Gasteiger partial charge in [0.05, 0.1) is 18.7 Å². The summed E-state index contributed by atoms with van der Waals surface area (Å²) in [6.07, 6.45) is 0.319. The van der Waals surface area contributed by atoms with Crippen molar-refractivity contribution in [3.63, 3.8) is 0 Å². The van der Waals surface area contributed by atoms with Crippen molar-refractivity contribution in [2.45, 2.75) is 13.0 Å². The SMILES string of the molecule is O=C(Cc1cccs1)NCc1nnnn1-c1cccc(F)c1. The lowest BCUT2D eigenvalue weighted by molar-refractivity contribution is -0.120. The zero-order valence-corrected chi connectivity index (χ0v) is 12.3. The molecule has 0 aliphatic rings. The van der Waals surface area contributed by atoms with Crippen LogP contribution in [0.3, 0.4) is 0 Å². The molecule has 1 amide bonds. The molecule has 112 valence electrons. The van der Waals surface area contributed by atoms with Gasteiger partial charge in [-0.15, -0.1) is 16.4 Å². The summed E-state index contributed by atoms with van der Waals surface area (Å²) in [7, 11) is 0. The average Bonchev–Trinajstić information content (AvgIpc) is 3.16. The van der Waals surface area contributed by atoms with E-state index in [2.05, 4.69) is 20.8 Å². The average molecular weight is 317 g/mol. The minimum atomic E-state index is -0.374. The molecule has 0 radical (unpaired) electrons. The van der Waals surface area contributed by atoms with Crippen LogP contribution in [0.5, 0.6) is 0 Å². The largest absolute Gasteiger partial charge is 0.348 e. The summed E-state index contributed by atoms with van der Waals surface area (Å²) in [4.78, 5) is 12.9. The van der Waals surface area contributed by atoms with Gasteiger partial charge in [0, 0.05) is 4.88 Å². The summed E-state index contributed by atoms with van der Waals surface area (Å²) in [5.74, 6) is -0.0537. The summed E-state index contributed by atoms with van der Waals surface area (Å²) in [6.45, 7) is 0.174. The third kappa shape index (κ3) is 3.34. The van der Waals surface area contributed by atoms with Crippen LogP contribution in [0.25, 0.3) is 5.69 Å². The molecule has 22 heavy (non-hydrogen) atoms. The van der Waals surface area contributed by atoms with Gasteiger partial charge in [-0.05, 0) is 40.1 Å². The fourth-order valence-electron chi connectivity index (χ4n) is 1.94. The number of tetrazole rings is 1. The number of nitrogens with zero attached hydrogens (tertiary/aromatic N) is 4. The lowest BCUT2D eigenvalue weighted by atomic mass is 10.3. The van der Waals surface area contributed by atoms with E-state index < -0.39 is 0 Å². The molecule has 0 fully saturated rings. The molecule has 3 aromatic rings. The molecule has 6 nitrogen and oxygen atoms in total. The van der Waals surface area contributed by atoms with Crippen LogP contribution in [0.2, 0.25) is 0 Å². The minimum Gasteiger partial charge on any atom is -0.348 e. The van der Waals surface area contributed by atoms with E-state index in [-0.39, 0.29) is 18.3 Å². The van der Waals surface area contributed by atoms with Crippen LogP contribution in [0, 0.1) is 5.82 Å². The van der Waals surface area contributed by atoms with Gasteiger partial charge in [-0.1, -0.05) is 12.1 Å². The van der Waals surface area contributed by atoms with Gasteiger partial charge in [0.25, 0.3) is 0 Å². The van der Waals surface area contributed by atoms with Crippen LogP contribution in [-0.4, -0.2) is 26.1 Å². The Morgan fingerprint density at radius 2 is 2.23 bits per heavy atom. The number of benzene rings is 1. The number of hydrogen-bond acceptors (Lipinski definition) is 5. The Bertz CT molecular complexity index is 771. The number of hydrogen-bond donors (Lipinski definition) is 1. The predicted octanol–water partition coefficient (Wildman–Crippen LogP) is 1.72. The molecule has 1 N–H and O–H groups in total. The van der Waals surface area contributed by atoms with Crippen LogP contribution in [0.15, 0.2) is 41.8 Å². The third-order valence-corrected chi connectivity index (χ3v) is 3.82. The van der Waals surface area contributed by atoms with Gasteiger partial charge in [0.15, 0.2) is 5.82 Å². The number of halogens is 1. The van der Waals surface area contributed by atoms with Crippen molar-refractivity contribution in [2.24, 2.45) is 0 Å². The molecular formula is C14H12FN5OS. The summed E-state index contributed by atoms with van der Waals surface area (Å²) in [6, 6.07) is 9.74. The van der Waals surface area contributed by atoms with E-state index >= 15 is 0 Å². The van der Waals surface area contributed by atoms with E-state index in [1.54, 1.807) is 12.1 Å². The zero-order chi connectivity index (χ0) is 15.4. The maximum absolute atomic E-state index is 13.3. The van der Waals surface area contributed by atoms with Gasteiger partial charge >= 0.3 is 0 Å². The molecule has 0 saturated carbocycles. The Kier molecular flexibility index (Phi) is 4.19. The van der Waals surface area contributed by atoms with Crippen molar-refractivity contribution in [3.8, 4) is 5.69 Å². The highest BCUT2D eigenvalue weighted by Crippen LogP contribution is 2.11.